The standard InChI is InChI=1S/C31H40O6/c1-19-16-25(12-15-27(19)35-18-29(33-5)31-21(3)37-31)24-8-6-22(7-9-24)23-10-13-26(14-11-23)34-17-28(32-4)30-20(2)36-30/h8,10-16,20-22,28-31H,6-7,9,17-18H2,1-5H3. The summed E-state index contributed by atoms with van der Waals surface area (Å²) in [5.41, 5.74) is 5.22. The van der Waals surface area contributed by atoms with Gasteiger partial charge in [-0.15, -0.1) is 0 Å². The lowest BCUT2D eigenvalue weighted by atomic mass is 9.82. The molecule has 2 aromatic carbocycles. The molecule has 7 unspecified atom stereocenters. The minimum absolute atomic E-state index is 0.0238. The van der Waals surface area contributed by atoms with E-state index in [1.54, 1.807) is 14.2 Å². The largest absolute Gasteiger partial charge is 0.491 e. The van der Waals surface area contributed by atoms with E-state index >= 15 is 0 Å². The molecule has 0 spiro atoms. The summed E-state index contributed by atoms with van der Waals surface area (Å²) < 4.78 is 34.2. The zero-order valence-corrected chi connectivity index (χ0v) is 22.6. The molecular weight excluding hydrogens is 468 g/mol. The van der Waals surface area contributed by atoms with E-state index in [0.717, 1.165) is 36.3 Å². The summed E-state index contributed by atoms with van der Waals surface area (Å²) in [5.74, 6) is 2.32. The van der Waals surface area contributed by atoms with Crippen molar-refractivity contribution in [3.05, 3.63) is 65.2 Å². The van der Waals surface area contributed by atoms with Crippen LogP contribution in [-0.2, 0) is 18.9 Å². The van der Waals surface area contributed by atoms with Gasteiger partial charge in [-0.05, 0) is 92.5 Å². The van der Waals surface area contributed by atoms with Gasteiger partial charge in [0.15, 0.2) is 0 Å². The van der Waals surface area contributed by atoms with Crippen LogP contribution >= 0.6 is 0 Å². The lowest BCUT2D eigenvalue weighted by molar-refractivity contribution is 0.0371. The Kier molecular flexibility index (Phi) is 8.20. The average molecular weight is 509 g/mol. The van der Waals surface area contributed by atoms with Gasteiger partial charge in [-0.25, -0.2) is 0 Å². The number of methoxy groups -OCH3 is 2. The van der Waals surface area contributed by atoms with Gasteiger partial charge in [-0.1, -0.05) is 24.3 Å². The Bertz CT molecular complexity index is 1080. The van der Waals surface area contributed by atoms with E-state index in [1.165, 1.54) is 16.7 Å². The minimum Gasteiger partial charge on any atom is -0.491 e. The Balaban J connectivity index is 1.13. The molecule has 0 saturated carbocycles. The van der Waals surface area contributed by atoms with Crippen LogP contribution in [0.4, 0.5) is 0 Å². The summed E-state index contributed by atoms with van der Waals surface area (Å²) in [6, 6.07) is 15.1. The van der Waals surface area contributed by atoms with Crippen LogP contribution in [-0.4, -0.2) is 64.1 Å². The maximum atomic E-state index is 6.07. The molecule has 0 N–H and O–H groups in total. The molecule has 3 aliphatic rings. The zero-order valence-electron chi connectivity index (χ0n) is 22.6. The number of allylic oxidation sites excluding steroid dienone is 2. The Hall–Kier alpha value is -2.38. The first-order chi connectivity index (χ1) is 18.0. The smallest absolute Gasteiger partial charge is 0.122 e. The number of benzene rings is 2. The van der Waals surface area contributed by atoms with Crippen LogP contribution in [0.25, 0.3) is 5.57 Å². The molecule has 2 aromatic rings. The maximum Gasteiger partial charge on any atom is 0.122 e. The van der Waals surface area contributed by atoms with E-state index in [0.29, 0.717) is 19.1 Å². The second kappa shape index (κ2) is 11.6. The third-order valence-corrected chi connectivity index (χ3v) is 7.98. The van der Waals surface area contributed by atoms with Gasteiger partial charge in [0.05, 0.1) is 12.2 Å². The first-order valence-electron chi connectivity index (χ1n) is 13.5. The van der Waals surface area contributed by atoms with Crippen molar-refractivity contribution in [3.63, 3.8) is 0 Å². The normalized spacial score (nSPS) is 28.2. The molecule has 37 heavy (non-hydrogen) atoms. The fourth-order valence-corrected chi connectivity index (χ4v) is 5.38. The lowest BCUT2D eigenvalue weighted by Gasteiger charge is -2.23. The highest BCUT2D eigenvalue weighted by Crippen LogP contribution is 2.37. The van der Waals surface area contributed by atoms with Gasteiger partial charge in [-0.3, -0.25) is 0 Å². The van der Waals surface area contributed by atoms with Crippen LogP contribution in [0, 0.1) is 6.92 Å². The van der Waals surface area contributed by atoms with Crippen LogP contribution < -0.4 is 9.47 Å². The molecule has 0 radical (unpaired) electrons. The number of hydrogen-bond donors (Lipinski definition) is 0. The van der Waals surface area contributed by atoms with Crippen LogP contribution in [0.5, 0.6) is 11.5 Å². The van der Waals surface area contributed by atoms with Crippen LogP contribution in [0.15, 0.2) is 48.5 Å². The monoisotopic (exact) mass is 508 g/mol. The van der Waals surface area contributed by atoms with E-state index < -0.39 is 0 Å². The van der Waals surface area contributed by atoms with Crippen molar-refractivity contribution >= 4 is 5.57 Å². The van der Waals surface area contributed by atoms with Gasteiger partial charge in [0, 0.05) is 14.2 Å². The fourth-order valence-electron chi connectivity index (χ4n) is 5.38. The predicted molar refractivity (Wildman–Crippen MR) is 143 cm³/mol. The minimum atomic E-state index is -0.0314. The summed E-state index contributed by atoms with van der Waals surface area (Å²) in [6.07, 6.45) is 6.41. The third kappa shape index (κ3) is 6.37. The third-order valence-electron chi connectivity index (χ3n) is 7.98. The number of epoxide rings is 2. The molecule has 2 fully saturated rings. The van der Waals surface area contributed by atoms with E-state index in [-0.39, 0.29) is 36.6 Å². The highest BCUT2D eigenvalue weighted by molar-refractivity contribution is 5.68. The zero-order chi connectivity index (χ0) is 25.9. The molecule has 200 valence electrons. The number of rotatable bonds is 12. The Labute approximate surface area is 220 Å². The molecule has 2 saturated heterocycles. The van der Waals surface area contributed by atoms with E-state index in [2.05, 4.69) is 69.3 Å². The van der Waals surface area contributed by atoms with E-state index in [1.807, 2.05) is 0 Å². The number of hydrogen-bond acceptors (Lipinski definition) is 6. The summed E-state index contributed by atoms with van der Waals surface area (Å²) >= 11 is 0. The second-order valence-corrected chi connectivity index (χ2v) is 10.5. The van der Waals surface area contributed by atoms with E-state index in [9.17, 15) is 0 Å². The molecule has 6 nitrogen and oxygen atoms in total. The molecule has 0 aromatic heterocycles. The fraction of sp³-hybridized carbons (Fsp3) is 0.548. The number of ether oxygens (including phenoxy) is 6. The van der Waals surface area contributed by atoms with Crippen LogP contribution in [0.2, 0.25) is 0 Å². The Morgan fingerprint density at radius 3 is 2.00 bits per heavy atom. The summed E-state index contributed by atoms with van der Waals surface area (Å²) in [7, 11) is 3.43. The van der Waals surface area contributed by atoms with Crippen molar-refractivity contribution < 1.29 is 28.4 Å². The SMILES string of the molecule is COC(COc1ccc(C2CC=C(c3ccc(OCC(OC)C4OC4C)c(C)c3)CC2)cc1)C1OC1C. The molecule has 7 atom stereocenters. The second-order valence-electron chi connectivity index (χ2n) is 10.5. The topological polar surface area (TPSA) is 62.0 Å². The Morgan fingerprint density at radius 2 is 1.49 bits per heavy atom. The summed E-state index contributed by atoms with van der Waals surface area (Å²) in [4.78, 5) is 0. The average Bonchev–Trinajstić information content (AvgIpc) is 3.84. The maximum absolute atomic E-state index is 6.07. The van der Waals surface area contributed by atoms with Gasteiger partial charge in [0.1, 0.15) is 49.1 Å². The molecule has 0 bridgehead atoms. The lowest BCUT2D eigenvalue weighted by Crippen LogP contribution is -2.27. The van der Waals surface area contributed by atoms with E-state index in [4.69, 9.17) is 28.4 Å². The van der Waals surface area contributed by atoms with Crippen molar-refractivity contribution in [2.45, 2.75) is 82.6 Å². The highest BCUT2D eigenvalue weighted by Gasteiger charge is 2.42. The molecule has 0 amide bonds. The molecule has 1 aliphatic carbocycles. The van der Waals surface area contributed by atoms with Gasteiger partial charge < -0.3 is 28.4 Å². The first kappa shape index (κ1) is 26.2. The van der Waals surface area contributed by atoms with Crippen molar-refractivity contribution in [2.24, 2.45) is 0 Å². The molecule has 5 rings (SSSR count). The molecular formula is C31H40O6. The van der Waals surface area contributed by atoms with Crippen LogP contribution in [0.3, 0.4) is 0 Å². The summed E-state index contributed by atoms with van der Waals surface area (Å²) in [5, 5.41) is 0. The number of aryl methyl sites for hydroxylation is 1. The summed E-state index contributed by atoms with van der Waals surface area (Å²) in [6.45, 7) is 7.24. The van der Waals surface area contributed by atoms with Gasteiger partial charge in [-0.2, -0.15) is 0 Å². The van der Waals surface area contributed by atoms with Crippen molar-refractivity contribution in [3.8, 4) is 11.5 Å². The van der Waals surface area contributed by atoms with Crippen molar-refractivity contribution in [1.82, 2.24) is 0 Å². The van der Waals surface area contributed by atoms with Gasteiger partial charge in [0.2, 0.25) is 0 Å². The van der Waals surface area contributed by atoms with Gasteiger partial charge >= 0.3 is 0 Å². The molecule has 2 aliphatic heterocycles. The molecule has 6 heteroatoms. The van der Waals surface area contributed by atoms with Gasteiger partial charge in [0.25, 0.3) is 0 Å². The first-order valence-corrected chi connectivity index (χ1v) is 13.5. The predicted octanol–water partition coefficient (Wildman–Crippen LogP) is 5.71. The highest BCUT2D eigenvalue weighted by atomic mass is 16.6. The van der Waals surface area contributed by atoms with Crippen molar-refractivity contribution in [1.29, 1.82) is 0 Å². The van der Waals surface area contributed by atoms with Crippen molar-refractivity contribution in [2.75, 3.05) is 27.4 Å². The Morgan fingerprint density at radius 1 is 0.865 bits per heavy atom. The molecule has 2 heterocycles. The quantitative estimate of drug-likeness (QED) is 0.342. The van der Waals surface area contributed by atoms with Crippen LogP contribution in [0.1, 0.15) is 55.7 Å².